The van der Waals surface area contributed by atoms with Crippen LogP contribution in [0.2, 0.25) is 5.02 Å². The van der Waals surface area contributed by atoms with Crippen molar-refractivity contribution in [3.05, 3.63) is 28.5 Å². The molecule has 0 spiro atoms. The van der Waals surface area contributed by atoms with Crippen LogP contribution in [0.1, 0.15) is 18.0 Å². The molecule has 0 bridgehead atoms. The average Bonchev–Trinajstić information content (AvgIpc) is 2.24. The van der Waals surface area contributed by atoms with Gasteiger partial charge in [-0.1, -0.05) is 11.6 Å². The summed E-state index contributed by atoms with van der Waals surface area (Å²) in [4.78, 5) is 11.0. The highest BCUT2D eigenvalue weighted by Crippen LogP contribution is 2.33. The van der Waals surface area contributed by atoms with Crippen LogP contribution in [0.5, 0.6) is 5.75 Å². The number of carbonyl (C=O) groups is 1. The Morgan fingerprint density at radius 1 is 1.65 bits per heavy atom. The molecule has 1 atom stereocenters. The number of phenolic OH excluding ortho intramolecular Hbond substituents is 1. The molecule has 0 saturated heterocycles. The molecule has 0 aromatic heterocycles. The molecule has 0 aliphatic rings. The van der Waals surface area contributed by atoms with Gasteiger partial charge in [-0.25, -0.2) is 4.39 Å². The highest BCUT2D eigenvalue weighted by Gasteiger charge is 2.20. The fourth-order valence-electron chi connectivity index (χ4n) is 1.27. The average molecular weight is 284 g/mol. The molecule has 0 unspecified atom stereocenters. The summed E-state index contributed by atoms with van der Waals surface area (Å²) in [5, 5.41) is 9.55. The maximum Gasteiger partial charge on any atom is 0.307 e. The minimum absolute atomic E-state index is 0. The van der Waals surface area contributed by atoms with Crippen molar-refractivity contribution in [3.63, 3.8) is 0 Å². The van der Waals surface area contributed by atoms with Crippen LogP contribution in [0.15, 0.2) is 12.1 Å². The van der Waals surface area contributed by atoms with Crippen LogP contribution in [0.25, 0.3) is 0 Å². The minimum Gasteiger partial charge on any atom is -0.505 e. The van der Waals surface area contributed by atoms with E-state index in [1.54, 1.807) is 0 Å². The standard InChI is InChI=1S/C10H11ClFNO3.ClH/c1-16-8(14)4-7(13)9-5(11)2-3-6(12)10(9)15;/h2-3,7,15H,4,13H2,1H3;1H/t7-;/m1./s1. The molecular formula is C10H12Cl2FNO3. The van der Waals surface area contributed by atoms with Crippen molar-refractivity contribution in [2.45, 2.75) is 12.5 Å². The molecule has 96 valence electrons. The normalized spacial score (nSPS) is 11.5. The van der Waals surface area contributed by atoms with Crippen molar-refractivity contribution in [1.82, 2.24) is 0 Å². The summed E-state index contributed by atoms with van der Waals surface area (Å²) in [7, 11) is 1.21. The Bertz CT molecular complexity index is 415. The highest BCUT2D eigenvalue weighted by molar-refractivity contribution is 6.31. The zero-order valence-electron chi connectivity index (χ0n) is 8.94. The molecule has 0 radical (unpaired) electrons. The van der Waals surface area contributed by atoms with Crippen molar-refractivity contribution in [2.24, 2.45) is 5.73 Å². The molecule has 0 heterocycles. The van der Waals surface area contributed by atoms with Crippen LogP contribution in [0, 0.1) is 5.82 Å². The summed E-state index contributed by atoms with van der Waals surface area (Å²) < 4.78 is 17.5. The summed E-state index contributed by atoms with van der Waals surface area (Å²) in [5.41, 5.74) is 5.64. The summed E-state index contributed by atoms with van der Waals surface area (Å²) in [5.74, 6) is -2.03. The molecule has 0 aliphatic heterocycles. The first-order valence-corrected chi connectivity index (χ1v) is 4.84. The van der Waals surface area contributed by atoms with Gasteiger partial charge in [-0.15, -0.1) is 12.4 Å². The van der Waals surface area contributed by atoms with Crippen LogP contribution in [0.3, 0.4) is 0 Å². The van der Waals surface area contributed by atoms with Gasteiger partial charge < -0.3 is 15.6 Å². The number of esters is 1. The SMILES string of the molecule is COC(=O)C[C@@H](N)c1c(Cl)ccc(F)c1O.Cl. The number of phenols is 1. The summed E-state index contributed by atoms with van der Waals surface area (Å²) in [6, 6.07) is 1.38. The molecule has 0 aliphatic carbocycles. The lowest BCUT2D eigenvalue weighted by Gasteiger charge is -2.14. The van der Waals surface area contributed by atoms with E-state index in [0.29, 0.717) is 0 Å². The van der Waals surface area contributed by atoms with Gasteiger partial charge in [0.15, 0.2) is 11.6 Å². The van der Waals surface area contributed by atoms with Gasteiger partial charge in [0, 0.05) is 16.6 Å². The van der Waals surface area contributed by atoms with Crippen molar-refractivity contribution < 1.29 is 19.0 Å². The Kier molecular flexibility index (Phi) is 6.23. The van der Waals surface area contributed by atoms with Crippen LogP contribution in [0.4, 0.5) is 4.39 Å². The lowest BCUT2D eigenvalue weighted by Crippen LogP contribution is -2.17. The van der Waals surface area contributed by atoms with Crippen LogP contribution < -0.4 is 5.73 Å². The van der Waals surface area contributed by atoms with Crippen molar-refractivity contribution in [2.75, 3.05) is 7.11 Å². The first-order valence-electron chi connectivity index (χ1n) is 4.46. The maximum absolute atomic E-state index is 13.1. The van der Waals surface area contributed by atoms with Gasteiger partial charge in [0.05, 0.1) is 13.5 Å². The van der Waals surface area contributed by atoms with Gasteiger partial charge in [-0.2, -0.15) is 0 Å². The number of methoxy groups -OCH3 is 1. The minimum atomic E-state index is -0.907. The van der Waals surface area contributed by atoms with E-state index < -0.39 is 23.6 Å². The quantitative estimate of drug-likeness (QED) is 0.834. The Morgan fingerprint density at radius 3 is 2.76 bits per heavy atom. The Balaban J connectivity index is 0.00000256. The molecule has 0 saturated carbocycles. The number of aromatic hydroxyl groups is 1. The first kappa shape index (κ1) is 16.0. The fraction of sp³-hybridized carbons (Fsp3) is 0.300. The van der Waals surface area contributed by atoms with Gasteiger partial charge in [0.25, 0.3) is 0 Å². The van der Waals surface area contributed by atoms with Gasteiger partial charge in [0.2, 0.25) is 0 Å². The van der Waals surface area contributed by atoms with E-state index >= 15 is 0 Å². The van der Waals surface area contributed by atoms with Crippen molar-refractivity contribution >= 4 is 30.0 Å². The van der Waals surface area contributed by atoms with Crippen molar-refractivity contribution in [1.29, 1.82) is 0 Å². The molecule has 3 N–H and O–H groups in total. The third-order valence-electron chi connectivity index (χ3n) is 2.10. The second kappa shape index (κ2) is 6.64. The Labute approximate surface area is 109 Å². The summed E-state index contributed by atoms with van der Waals surface area (Å²) >= 11 is 5.76. The molecular weight excluding hydrogens is 272 g/mol. The topological polar surface area (TPSA) is 72.5 Å². The lowest BCUT2D eigenvalue weighted by atomic mass is 10.0. The molecule has 17 heavy (non-hydrogen) atoms. The van der Waals surface area contributed by atoms with Gasteiger partial charge in [-0.3, -0.25) is 4.79 Å². The van der Waals surface area contributed by atoms with Crippen LogP contribution in [-0.2, 0) is 9.53 Å². The number of rotatable bonds is 3. The fourth-order valence-corrected chi connectivity index (χ4v) is 1.57. The van der Waals surface area contributed by atoms with E-state index in [9.17, 15) is 14.3 Å². The molecule has 0 fully saturated rings. The van der Waals surface area contributed by atoms with E-state index in [-0.39, 0.29) is 29.4 Å². The molecule has 1 aromatic rings. The molecule has 1 aromatic carbocycles. The lowest BCUT2D eigenvalue weighted by molar-refractivity contribution is -0.141. The number of ether oxygens (including phenoxy) is 1. The van der Waals surface area contributed by atoms with Crippen LogP contribution in [-0.4, -0.2) is 18.2 Å². The van der Waals surface area contributed by atoms with E-state index in [4.69, 9.17) is 17.3 Å². The highest BCUT2D eigenvalue weighted by atomic mass is 35.5. The summed E-state index contributed by atoms with van der Waals surface area (Å²) in [6.45, 7) is 0. The maximum atomic E-state index is 13.1. The number of nitrogens with two attached hydrogens (primary N) is 1. The zero-order chi connectivity index (χ0) is 12.3. The second-order valence-electron chi connectivity index (χ2n) is 3.18. The monoisotopic (exact) mass is 283 g/mol. The van der Waals surface area contributed by atoms with Gasteiger partial charge in [-0.05, 0) is 12.1 Å². The Hall–Kier alpha value is -1.04. The number of benzene rings is 1. The van der Waals surface area contributed by atoms with E-state index in [1.807, 2.05) is 0 Å². The zero-order valence-corrected chi connectivity index (χ0v) is 10.5. The largest absolute Gasteiger partial charge is 0.505 e. The third-order valence-corrected chi connectivity index (χ3v) is 2.43. The molecule has 7 heteroatoms. The predicted molar refractivity (Wildman–Crippen MR) is 63.9 cm³/mol. The summed E-state index contributed by atoms with van der Waals surface area (Å²) in [6.07, 6.45) is -0.187. The molecule has 0 amide bonds. The van der Waals surface area contributed by atoms with E-state index in [0.717, 1.165) is 6.07 Å². The van der Waals surface area contributed by atoms with Gasteiger partial charge in [0.1, 0.15) is 0 Å². The number of carbonyl (C=O) groups excluding carboxylic acids is 1. The predicted octanol–water partition coefficient (Wildman–Crippen LogP) is 2.17. The van der Waals surface area contributed by atoms with E-state index in [2.05, 4.69) is 4.74 Å². The number of hydrogen-bond donors (Lipinski definition) is 2. The first-order chi connectivity index (χ1) is 7.47. The number of hydrogen-bond acceptors (Lipinski definition) is 4. The number of halogens is 3. The smallest absolute Gasteiger partial charge is 0.307 e. The van der Waals surface area contributed by atoms with Gasteiger partial charge >= 0.3 is 5.97 Å². The van der Waals surface area contributed by atoms with E-state index in [1.165, 1.54) is 13.2 Å². The third kappa shape index (κ3) is 3.73. The van der Waals surface area contributed by atoms with Crippen LogP contribution >= 0.6 is 24.0 Å². The second-order valence-corrected chi connectivity index (χ2v) is 3.59. The molecule has 1 rings (SSSR count). The Morgan fingerprint density at radius 2 is 2.24 bits per heavy atom. The van der Waals surface area contributed by atoms with Crippen molar-refractivity contribution in [3.8, 4) is 5.75 Å². The molecule has 4 nitrogen and oxygen atoms in total.